The van der Waals surface area contributed by atoms with E-state index in [1.165, 1.54) is 24.1 Å². The van der Waals surface area contributed by atoms with E-state index in [1.54, 1.807) is 16.2 Å². The highest BCUT2D eigenvalue weighted by molar-refractivity contribution is 7.11. The van der Waals surface area contributed by atoms with Gasteiger partial charge in [0.15, 0.2) is 0 Å². The van der Waals surface area contributed by atoms with Crippen LogP contribution in [0.15, 0.2) is 60.7 Å². The molecule has 8 nitrogen and oxygen atoms in total. The minimum atomic E-state index is -0.583. The summed E-state index contributed by atoms with van der Waals surface area (Å²) in [6, 6.07) is 17.3. The van der Waals surface area contributed by atoms with Gasteiger partial charge in [-0.3, -0.25) is 19.7 Å². The van der Waals surface area contributed by atoms with Crippen molar-refractivity contribution in [1.82, 2.24) is 9.80 Å². The number of non-ortho nitro benzene ring substituents is 1. The van der Waals surface area contributed by atoms with Crippen molar-refractivity contribution in [3.05, 3.63) is 96.7 Å². The highest BCUT2D eigenvalue weighted by Crippen LogP contribution is 2.24. The summed E-state index contributed by atoms with van der Waals surface area (Å²) in [4.78, 5) is 42.4. The van der Waals surface area contributed by atoms with Gasteiger partial charge in [0.05, 0.1) is 28.7 Å². The number of ether oxygens (including phenoxy) is 1. The molecule has 0 saturated carbocycles. The standard InChI is InChI=1S/C25H26ClN3O5S/c1-18-8-10-21(35-18)16-28(15-19-6-4-3-5-7-19)24(30)17-27(12-13-34-2)25(31)22-11-9-20(29(32)33)14-23(22)26/h3-11,14H,12-13,15-17H2,1-2H3. The first-order chi connectivity index (χ1) is 16.8. The van der Waals surface area contributed by atoms with Crippen LogP contribution in [0.3, 0.4) is 0 Å². The summed E-state index contributed by atoms with van der Waals surface area (Å²) in [5.74, 6) is -0.732. The molecule has 0 fully saturated rings. The van der Waals surface area contributed by atoms with Crippen LogP contribution in [-0.2, 0) is 22.6 Å². The summed E-state index contributed by atoms with van der Waals surface area (Å²) in [5, 5.41) is 11.0. The highest BCUT2D eigenvalue weighted by Gasteiger charge is 2.25. The van der Waals surface area contributed by atoms with E-state index in [4.69, 9.17) is 16.3 Å². The van der Waals surface area contributed by atoms with Crippen molar-refractivity contribution in [2.75, 3.05) is 26.8 Å². The molecule has 3 rings (SSSR count). The second-order valence-corrected chi connectivity index (χ2v) is 9.67. The first-order valence-corrected chi connectivity index (χ1v) is 12.1. The van der Waals surface area contributed by atoms with E-state index in [-0.39, 0.29) is 41.9 Å². The number of carbonyl (C=O) groups excluding carboxylic acids is 2. The van der Waals surface area contributed by atoms with Crippen LogP contribution in [0.4, 0.5) is 5.69 Å². The fourth-order valence-electron chi connectivity index (χ4n) is 3.47. The van der Waals surface area contributed by atoms with Gasteiger partial charge >= 0.3 is 0 Å². The molecular weight excluding hydrogens is 490 g/mol. The van der Waals surface area contributed by atoms with Crippen molar-refractivity contribution >= 4 is 40.4 Å². The molecule has 0 unspecified atom stereocenters. The van der Waals surface area contributed by atoms with Crippen molar-refractivity contribution in [3.8, 4) is 0 Å². The molecule has 35 heavy (non-hydrogen) atoms. The maximum absolute atomic E-state index is 13.5. The van der Waals surface area contributed by atoms with Gasteiger partial charge in [0.1, 0.15) is 6.54 Å². The number of nitro benzene ring substituents is 1. The average molecular weight is 516 g/mol. The lowest BCUT2D eigenvalue weighted by atomic mass is 10.1. The van der Waals surface area contributed by atoms with E-state index in [0.29, 0.717) is 13.1 Å². The van der Waals surface area contributed by atoms with Crippen molar-refractivity contribution in [3.63, 3.8) is 0 Å². The van der Waals surface area contributed by atoms with E-state index in [9.17, 15) is 19.7 Å². The van der Waals surface area contributed by atoms with Crippen molar-refractivity contribution in [2.24, 2.45) is 0 Å². The number of hydrogen-bond acceptors (Lipinski definition) is 6. The zero-order valence-electron chi connectivity index (χ0n) is 19.5. The number of thiophene rings is 1. The fraction of sp³-hybridized carbons (Fsp3) is 0.280. The molecule has 0 aliphatic rings. The van der Waals surface area contributed by atoms with Crippen molar-refractivity contribution < 1.29 is 19.2 Å². The van der Waals surface area contributed by atoms with Gasteiger partial charge in [-0.1, -0.05) is 41.9 Å². The minimum Gasteiger partial charge on any atom is -0.383 e. The maximum Gasteiger partial charge on any atom is 0.270 e. The van der Waals surface area contributed by atoms with Gasteiger partial charge < -0.3 is 14.5 Å². The van der Waals surface area contributed by atoms with Gasteiger partial charge in [0.2, 0.25) is 5.91 Å². The van der Waals surface area contributed by atoms with Crippen molar-refractivity contribution in [1.29, 1.82) is 0 Å². The number of nitro groups is 1. The van der Waals surface area contributed by atoms with Gasteiger partial charge in [-0.05, 0) is 30.7 Å². The van der Waals surface area contributed by atoms with E-state index in [1.807, 2.05) is 49.4 Å². The van der Waals surface area contributed by atoms with Crippen LogP contribution in [-0.4, -0.2) is 53.3 Å². The smallest absolute Gasteiger partial charge is 0.270 e. The molecule has 0 N–H and O–H groups in total. The number of carbonyl (C=O) groups is 2. The number of aryl methyl sites for hydroxylation is 1. The van der Waals surface area contributed by atoms with Gasteiger partial charge in [0.25, 0.3) is 11.6 Å². The molecule has 0 radical (unpaired) electrons. The Balaban J connectivity index is 1.83. The molecule has 10 heteroatoms. The third kappa shape index (κ3) is 7.35. The number of hydrogen-bond donors (Lipinski definition) is 0. The Morgan fingerprint density at radius 3 is 2.40 bits per heavy atom. The Morgan fingerprint density at radius 2 is 1.80 bits per heavy atom. The topological polar surface area (TPSA) is 93.0 Å². The molecule has 0 aliphatic heterocycles. The maximum atomic E-state index is 13.5. The molecule has 184 valence electrons. The molecular formula is C25H26ClN3O5S. The van der Waals surface area contributed by atoms with Gasteiger partial charge in [-0.15, -0.1) is 11.3 Å². The molecule has 1 aromatic heterocycles. The average Bonchev–Trinajstić information content (AvgIpc) is 3.25. The summed E-state index contributed by atoms with van der Waals surface area (Å²) in [7, 11) is 1.50. The normalized spacial score (nSPS) is 10.7. The summed E-state index contributed by atoms with van der Waals surface area (Å²) in [6.07, 6.45) is 0. The summed E-state index contributed by atoms with van der Waals surface area (Å²) < 4.78 is 5.14. The molecule has 0 bridgehead atoms. The van der Waals surface area contributed by atoms with Gasteiger partial charge in [-0.2, -0.15) is 0 Å². The summed E-state index contributed by atoms with van der Waals surface area (Å²) >= 11 is 7.80. The van der Waals surface area contributed by atoms with E-state index < -0.39 is 10.8 Å². The first kappa shape index (κ1) is 26.3. The Morgan fingerprint density at radius 1 is 1.06 bits per heavy atom. The predicted molar refractivity (Wildman–Crippen MR) is 136 cm³/mol. The molecule has 0 atom stereocenters. The molecule has 1 heterocycles. The number of halogens is 1. The molecule has 2 amide bonds. The van der Waals surface area contributed by atoms with E-state index in [2.05, 4.69) is 0 Å². The zero-order chi connectivity index (χ0) is 25.4. The molecule has 0 aliphatic carbocycles. The second-order valence-electron chi connectivity index (χ2n) is 7.89. The number of amides is 2. The molecule has 3 aromatic rings. The molecule has 2 aromatic carbocycles. The monoisotopic (exact) mass is 515 g/mol. The highest BCUT2D eigenvalue weighted by atomic mass is 35.5. The lowest BCUT2D eigenvalue weighted by Gasteiger charge is -2.28. The van der Waals surface area contributed by atoms with Crippen LogP contribution >= 0.6 is 22.9 Å². The van der Waals surface area contributed by atoms with Crippen LogP contribution in [0.5, 0.6) is 0 Å². The van der Waals surface area contributed by atoms with E-state index >= 15 is 0 Å². The minimum absolute atomic E-state index is 0.0470. The summed E-state index contributed by atoms with van der Waals surface area (Å²) in [6.45, 7) is 3.00. The van der Waals surface area contributed by atoms with Gasteiger partial charge in [-0.25, -0.2) is 0 Å². The zero-order valence-corrected chi connectivity index (χ0v) is 21.1. The first-order valence-electron chi connectivity index (χ1n) is 10.9. The Bertz CT molecular complexity index is 1180. The van der Waals surface area contributed by atoms with Crippen LogP contribution in [0.2, 0.25) is 5.02 Å². The third-order valence-electron chi connectivity index (χ3n) is 5.28. The third-order valence-corrected chi connectivity index (χ3v) is 6.58. The Kier molecular flexibility index (Phi) is 9.36. The van der Waals surface area contributed by atoms with Crippen molar-refractivity contribution in [2.45, 2.75) is 20.0 Å². The number of rotatable bonds is 11. The summed E-state index contributed by atoms with van der Waals surface area (Å²) in [5.41, 5.74) is 0.846. The van der Waals surface area contributed by atoms with Crippen LogP contribution in [0.25, 0.3) is 0 Å². The van der Waals surface area contributed by atoms with Crippen LogP contribution < -0.4 is 0 Å². The van der Waals surface area contributed by atoms with Gasteiger partial charge in [0, 0.05) is 42.1 Å². The predicted octanol–water partition coefficient (Wildman–Crippen LogP) is 4.94. The lowest BCUT2D eigenvalue weighted by Crippen LogP contribution is -2.43. The van der Waals surface area contributed by atoms with Crippen LogP contribution in [0, 0.1) is 17.0 Å². The number of benzene rings is 2. The van der Waals surface area contributed by atoms with Crippen LogP contribution in [0.1, 0.15) is 25.7 Å². The second kappa shape index (κ2) is 12.4. The Hall–Kier alpha value is -3.27. The molecule has 0 spiro atoms. The quantitative estimate of drug-likeness (QED) is 0.266. The molecule has 0 saturated heterocycles. The Labute approximate surface area is 212 Å². The largest absolute Gasteiger partial charge is 0.383 e. The number of methoxy groups -OCH3 is 1. The number of nitrogens with zero attached hydrogens (tertiary/aromatic N) is 3. The lowest BCUT2D eigenvalue weighted by molar-refractivity contribution is -0.384. The SMILES string of the molecule is COCCN(CC(=O)N(Cc1ccccc1)Cc1ccc(C)s1)C(=O)c1ccc([N+](=O)[O-])cc1Cl. The van der Waals surface area contributed by atoms with E-state index in [0.717, 1.165) is 21.4 Å². The fourth-order valence-corrected chi connectivity index (χ4v) is 4.63.